The van der Waals surface area contributed by atoms with E-state index in [-0.39, 0.29) is 11.7 Å². The summed E-state index contributed by atoms with van der Waals surface area (Å²) in [5, 5.41) is 0.577. The van der Waals surface area contributed by atoms with Gasteiger partial charge in [-0.15, -0.1) is 0 Å². The molecule has 4 nitrogen and oxygen atoms in total. The number of carbonyl (C=O) groups is 2. The molecule has 0 N–H and O–H groups in total. The number of pyridine rings is 1. The van der Waals surface area contributed by atoms with Crippen molar-refractivity contribution in [3.05, 3.63) is 101 Å². The zero-order valence-corrected chi connectivity index (χ0v) is 15.0. The van der Waals surface area contributed by atoms with Gasteiger partial charge in [-0.3, -0.25) is 19.5 Å². The Morgan fingerprint density at radius 2 is 1.52 bits per heavy atom. The first-order chi connectivity index (χ1) is 13.1. The van der Waals surface area contributed by atoms with Crippen LogP contribution in [0.4, 0.5) is 5.69 Å². The van der Waals surface area contributed by atoms with Gasteiger partial charge in [0.1, 0.15) is 5.92 Å². The van der Waals surface area contributed by atoms with E-state index in [9.17, 15) is 9.59 Å². The molecule has 0 aliphatic carbocycles. The summed E-state index contributed by atoms with van der Waals surface area (Å²) in [6, 6.07) is 19.6. The van der Waals surface area contributed by atoms with E-state index in [0.717, 1.165) is 5.56 Å². The minimum atomic E-state index is -0.868. The first kappa shape index (κ1) is 17.2. The van der Waals surface area contributed by atoms with Crippen LogP contribution in [0.15, 0.2) is 85.2 Å². The van der Waals surface area contributed by atoms with Gasteiger partial charge in [-0.25, -0.2) is 0 Å². The average molecular weight is 375 g/mol. The van der Waals surface area contributed by atoms with Crippen LogP contribution in [0.3, 0.4) is 0 Å². The average Bonchev–Trinajstić information content (AvgIpc) is 2.70. The molecule has 3 aromatic rings. The lowest BCUT2D eigenvalue weighted by atomic mass is 9.88. The summed E-state index contributed by atoms with van der Waals surface area (Å²) >= 11 is 6.01. The Hall–Kier alpha value is -3.24. The Morgan fingerprint density at radius 1 is 0.852 bits per heavy atom. The van der Waals surface area contributed by atoms with E-state index in [1.165, 1.54) is 6.08 Å². The van der Waals surface area contributed by atoms with Crippen molar-refractivity contribution in [2.75, 3.05) is 4.90 Å². The van der Waals surface area contributed by atoms with Gasteiger partial charge in [0.25, 0.3) is 0 Å². The normalized spacial score (nSPS) is 17.0. The predicted molar refractivity (Wildman–Crippen MR) is 105 cm³/mol. The van der Waals surface area contributed by atoms with Crippen molar-refractivity contribution in [1.29, 1.82) is 0 Å². The van der Waals surface area contributed by atoms with Crippen LogP contribution in [0.1, 0.15) is 17.0 Å². The summed E-state index contributed by atoms with van der Waals surface area (Å²) in [4.78, 5) is 31.9. The zero-order chi connectivity index (χ0) is 18.8. The molecule has 1 aromatic heterocycles. The summed E-state index contributed by atoms with van der Waals surface area (Å²) in [6.45, 7) is 0. The number of ketones is 1. The molecule has 0 saturated heterocycles. The van der Waals surface area contributed by atoms with Crippen LogP contribution in [0, 0.1) is 0 Å². The standard InChI is InChI=1S/C22H15ClN2O2/c23-17-6-8-18(9-7-17)25-19(15-10-12-24-13-11-15)14-20(26)21(22(25)27)16-4-2-1-3-5-16/h1-14,21H. The molecular weight excluding hydrogens is 360 g/mol. The number of anilines is 1. The van der Waals surface area contributed by atoms with Gasteiger partial charge >= 0.3 is 0 Å². The summed E-state index contributed by atoms with van der Waals surface area (Å²) in [5.41, 5.74) is 2.60. The van der Waals surface area contributed by atoms with E-state index in [1.807, 2.05) is 18.2 Å². The third-order valence-corrected chi connectivity index (χ3v) is 4.72. The van der Waals surface area contributed by atoms with E-state index < -0.39 is 5.92 Å². The van der Waals surface area contributed by atoms with Crippen LogP contribution in [-0.2, 0) is 9.59 Å². The molecule has 0 saturated carbocycles. The summed E-state index contributed by atoms with van der Waals surface area (Å²) in [5.74, 6) is -1.39. The van der Waals surface area contributed by atoms with Crippen molar-refractivity contribution < 1.29 is 9.59 Å². The first-order valence-electron chi connectivity index (χ1n) is 8.45. The van der Waals surface area contributed by atoms with Crippen molar-refractivity contribution in [3.8, 4) is 0 Å². The van der Waals surface area contributed by atoms with E-state index in [0.29, 0.717) is 22.0 Å². The quantitative estimate of drug-likeness (QED) is 0.635. The van der Waals surface area contributed by atoms with Crippen molar-refractivity contribution in [2.24, 2.45) is 0 Å². The van der Waals surface area contributed by atoms with Crippen molar-refractivity contribution in [1.82, 2.24) is 4.98 Å². The van der Waals surface area contributed by atoms with Gasteiger partial charge < -0.3 is 0 Å². The second kappa shape index (κ2) is 7.17. The molecule has 2 heterocycles. The number of hydrogen-bond donors (Lipinski definition) is 0. The maximum absolute atomic E-state index is 13.4. The molecule has 5 heteroatoms. The third-order valence-electron chi connectivity index (χ3n) is 4.47. The lowest BCUT2D eigenvalue weighted by Gasteiger charge is -2.32. The largest absolute Gasteiger partial charge is 0.293 e. The van der Waals surface area contributed by atoms with Crippen molar-refractivity contribution in [3.63, 3.8) is 0 Å². The monoisotopic (exact) mass is 374 g/mol. The number of rotatable bonds is 3. The second-order valence-electron chi connectivity index (χ2n) is 6.16. The fourth-order valence-electron chi connectivity index (χ4n) is 3.20. The maximum atomic E-state index is 13.4. The molecule has 4 rings (SSSR count). The summed E-state index contributed by atoms with van der Waals surface area (Å²) in [6.07, 6.45) is 4.80. The maximum Gasteiger partial charge on any atom is 0.246 e. The molecule has 1 aliphatic heterocycles. The van der Waals surface area contributed by atoms with Gasteiger partial charge in [0.2, 0.25) is 5.91 Å². The molecule has 0 bridgehead atoms. The van der Waals surface area contributed by atoms with E-state index in [4.69, 9.17) is 11.6 Å². The molecule has 27 heavy (non-hydrogen) atoms. The van der Waals surface area contributed by atoms with Crippen LogP contribution in [0.5, 0.6) is 0 Å². The molecule has 2 aromatic carbocycles. The van der Waals surface area contributed by atoms with Gasteiger partial charge in [-0.1, -0.05) is 41.9 Å². The summed E-state index contributed by atoms with van der Waals surface area (Å²) in [7, 11) is 0. The smallest absolute Gasteiger partial charge is 0.246 e. The molecule has 0 fully saturated rings. The SMILES string of the molecule is O=C1C=C(c2ccncc2)N(c2ccc(Cl)cc2)C(=O)C1c1ccccc1. The van der Waals surface area contributed by atoms with Gasteiger partial charge in [0.05, 0.1) is 5.70 Å². The number of allylic oxidation sites excluding steroid dienone is 1. The molecule has 0 spiro atoms. The highest BCUT2D eigenvalue weighted by molar-refractivity contribution is 6.31. The second-order valence-corrected chi connectivity index (χ2v) is 6.60. The lowest BCUT2D eigenvalue weighted by Crippen LogP contribution is -2.41. The highest BCUT2D eigenvalue weighted by atomic mass is 35.5. The van der Waals surface area contributed by atoms with Crippen molar-refractivity contribution >= 4 is 34.7 Å². The molecular formula is C22H15ClN2O2. The molecule has 1 atom stereocenters. The van der Waals surface area contributed by atoms with Crippen LogP contribution in [0.25, 0.3) is 5.70 Å². The topological polar surface area (TPSA) is 50.3 Å². The number of benzene rings is 2. The Kier molecular flexibility index (Phi) is 4.57. The molecule has 1 amide bonds. The predicted octanol–water partition coefficient (Wildman–Crippen LogP) is 4.48. The lowest BCUT2D eigenvalue weighted by molar-refractivity contribution is -0.126. The number of aromatic nitrogens is 1. The van der Waals surface area contributed by atoms with Gasteiger partial charge in [0, 0.05) is 34.7 Å². The Labute approximate surface area is 161 Å². The van der Waals surface area contributed by atoms with E-state index >= 15 is 0 Å². The van der Waals surface area contributed by atoms with Gasteiger partial charge in [-0.05, 0) is 42.0 Å². The molecule has 0 radical (unpaired) electrons. The number of hydrogen-bond acceptors (Lipinski definition) is 3. The van der Waals surface area contributed by atoms with E-state index in [1.54, 1.807) is 65.8 Å². The molecule has 1 unspecified atom stereocenters. The van der Waals surface area contributed by atoms with Crippen LogP contribution in [0.2, 0.25) is 5.02 Å². The van der Waals surface area contributed by atoms with Gasteiger partial charge in [-0.2, -0.15) is 0 Å². The number of nitrogens with zero attached hydrogens (tertiary/aromatic N) is 2. The van der Waals surface area contributed by atoms with Gasteiger partial charge in [0.15, 0.2) is 5.78 Å². The number of halogens is 1. The Morgan fingerprint density at radius 3 is 2.19 bits per heavy atom. The number of amides is 1. The fraction of sp³-hybridized carbons (Fsp3) is 0.0455. The van der Waals surface area contributed by atoms with Crippen LogP contribution < -0.4 is 4.90 Å². The Balaban J connectivity index is 1.87. The minimum Gasteiger partial charge on any atom is -0.293 e. The highest BCUT2D eigenvalue weighted by Gasteiger charge is 2.38. The van der Waals surface area contributed by atoms with E-state index in [2.05, 4.69) is 4.98 Å². The zero-order valence-electron chi connectivity index (χ0n) is 14.2. The fourth-order valence-corrected chi connectivity index (χ4v) is 3.32. The minimum absolute atomic E-state index is 0.233. The molecule has 1 aliphatic rings. The first-order valence-corrected chi connectivity index (χ1v) is 8.83. The third kappa shape index (κ3) is 3.27. The Bertz CT molecular complexity index is 1020. The van der Waals surface area contributed by atoms with Crippen molar-refractivity contribution in [2.45, 2.75) is 5.92 Å². The van der Waals surface area contributed by atoms with Crippen LogP contribution >= 0.6 is 11.6 Å². The number of carbonyl (C=O) groups excluding carboxylic acids is 2. The highest BCUT2D eigenvalue weighted by Crippen LogP contribution is 2.36. The molecule has 132 valence electrons. The summed E-state index contributed by atoms with van der Waals surface area (Å²) < 4.78 is 0. The van der Waals surface area contributed by atoms with Crippen LogP contribution in [-0.4, -0.2) is 16.7 Å².